The first-order valence-electron chi connectivity index (χ1n) is 7.41. The maximum atomic E-state index is 12.2. The van der Waals surface area contributed by atoms with E-state index in [4.69, 9.17) is 11.6 Å². The fraction of sp³-hybridized carbons (Fsp3) is 0.294. The van der Waals surface area contributed by atoms with Crippen molar-refractivity contribution in [1.29, 1.82) is 0 Å². The number of carbonyl (C=O) groups is 1. The number of halogens is 1. The van der Waals surface area contributed by atoms with E-state index in [9.17, 15) is 4.79 Å². The highest BCUT2D eigenvalue weighted by atomic mass is 35.5. The zero-order valence-electron chi connectivity index (χ0n) is 12.4. The summed E-state index contributed by atoms with van der Waals surface area (Å²) in [5, 5.41) is 8.03. The molecule has 5 heteroatoms. The van der Waals surface area contributed by atoms with Gasteiger partial charge in [-0.1, -0.05) is 29.8 Å². The van der Waals surface area contributed by atoms with E-state index in [1.54, 1.807) is 4.68 Å². The number of nitrogens with one attached hydrogen (secondary N) is 1. The zero-order valence-corrected chi connectivity index (χ0v) is 13.2. The van der Waals surface area contributed by atoms with Crippen LogP contribution in [-0.2, 0) is 4.79 Å². The lowest BCUT2D eigenvalue weighted by Gasteiger charge is -2.11. The van der Waals surface area contributed by atoms with Gasteiger partial charge in [0.25, 0.3) is 0 Å². The molecule has 0 spiro atoms. The third-order valence-electron chi connectivity index (χ3n) is 3.71. The first kappa shape index (κ1) is 14.9. The Bertz CT molecular complexity index is 720. The summed E-state index contributed by atoms with van der Waals surface area (Å²) in [6.07, 6.45) is 6.89. The molecule has 1 N–H and O–H groups in total. The van der Waals surface area contributed by atoms with Crippen LogP contribution in [0.4, 0.5) is 5.82 Å². The van der Waals surface area contributed by atoms with Crippen molar-refractivity contribution >= 4 is 23.3 Å². The highest BCUT2D eigenvalue weighted by Gasteiger charge is 2.16. The van der Waals surface area contributed by atoms with Crippen LogP contribution in [0.15, 0.2) is 42.5 Å². The molecule has 1 aliphatic rings. The van der Waals surface area contributed by atoms with E-state index < -0.39 is 0 Å². The van der Waals surface area contributed by atoms with E-state index in [1.807, 2.05) is 37.3 Å². The molecule has 0 saturated heterocycles. The van der Waals surface area contributed by atoms with Crippen LogP contribution in [0.2, 0.25) is 5.02 Å². The first-order valence-corrected chi connectivity index (χ1v) is 7.79. The highest BCUT2D eigenvalue weighted by molar-refractivity contribution is 6.30. The van der Waals surface area contributed by atoms with E-state index >= 15 is 0 Å². The maximum Gasteiger partial charge on any atom is 0.226 e. The lowest BCUT2D eigenvalue weighted by Crippen LogP contribution is -2.17. The SMILES string of the molecule is Cc1cc(NC(=O)CC2C=CCC2)n(-c2cccc(Cl)c2)n1. The molecule has 0 saturated carbocycles. The van der Waals surface area contributed by atoms with Gasteiger partial charge >= 0.3 is 0 Å². The number of hydrogen-bond acceptors (Lipinski definition) is 2. The van der Waals surface area contributed by atoms with Crippen LogP contribution < -0.4 is 5.32 Å². The smallest absolute Gasteiger partial charge is 0.226 e. The van der Waals surface area contributed by atoms with Gasteiger partial charge in [-0.05, 0) is 43.9 Å². The summed E-state index contributed by atoms with van der Waals surface area (Å²) in [6, 6.07) is 9.27. The second kappa shape index (κ2) is 6.36. The Labute approximate surface area is 134 Å². The third kappa shape index (κ3) is 3.39. The van der Waals surface area contributed by atoms with Crippen molar-refractivity contribution in [3.05, 3.63) is 53.2 Å². The molecular weight excluding hydrogens is 298 g/mol. The maximum absolute atomic E-state index is 12.2. The number of anilines is 1. The fourth-order valence-electron chi connectivity index (χ4n) is 2.69. The Morgan fingerprint density at radius 3 is 3.05 bits per heavy atom. The van der Waals surface area contributed by atoms with Gasteiger partial charge in [-0.15, -0.1) is 0 Å². The topological polar surface area (TPSA) is 46.9 Å². The minimum atomic E-state index is 0.0136. The molecule has 22 heavy (non-hydrogen) atoms. The Kier molecular flexibility index (Phi) is 4.29. The molecular formula is C17H18ClN3O. The zero-order chi connectivity index (χ0) is 15.5. The van der Waals surface area contributed by atoms with Gasteiger partial charge in [0.15, 0.2) is 0 Å². The minimum absolute atomic E-state index is 0.0136. The highest BCUT2D eigenvalue weighted by Crippen LogP contribution is 2.23. The van der Waals surface area contributed by atoms with Gasteiger partial charge in [-0.2, -0.15) is 5.10 Å². The molecule has 0 fully saturated rings. The minimum Gasteiger partial charge on any atom is -0.311 e. The van der Waals surface area contributed by atoms with Crippen LogP contribution in [0, 0.1) is 12.8 Å². The van der Waals surface area contributed by atoms with Crippen molar-refractivity contribution in [2.24, 2.45) is 5.92 Å². The average molecular weight is 316 g/mol. The Hall–Kier alpha value is -2.07. The van der Waals surface area contributed by atoms with Crippen molar-refractivity contribution in [2.75, 3.05) is 5.32 Å². The van der Waals surface area contributed by atoms with Gasteiger partial charge in [-0.25, -0.2) is 4.68 Å². The van der Waals surface area contributed by atoms with E-state index in [0.29, 0.717) is 23.2 Å². The van der Waals surface area contributed by atoms with Crippen molar-refractivity contribution in [2.45, 2.75) is 26.2 Å². The van der Waals surface area contributed by atoms with Crippen LogP contribution in [-0.4, -0.2) is 15.7 Å². The van der Waals surface area contributed by atoms with Gasteiger partial charge in [0, 0.05) is 17.5 Å². The van der Waals surface area contributed by atoms with Crippen LogP contribution in [0.3, 0.4) is 0 Å². The van der Waals surface area contributed by atoms with Gasteiger partial charge in [0.2, 0.25) is 5.91 Å². The van der Waals surface area contributed by atoms with E-state index in [-0.39, 0.29) is 5.91 Å². The van der Waals surface area contributed by atoms with Crippen molar-refractivity contribution < 1.29 is 4.79 Å². The average Bonchev–Trinajstić information content (AvgIpc) is 3.08. The molecule has 0 aliphatic heterocycles. The van der Waals surface area contributed by atoms with E-state index in [0.717, 1.165) is 24.2 Å². The molecule has 1 unspecified atom stereocenters. The molecule has 2 aromatic rings. The summed E-state index contributed by atoms with van der Waals surface area (Å²) < 4.78 is 1.71. The lowest BCUT2D eigenvalue weighted by molar-refractivity contribution is -0.116. The molecule has 114 valence electrons. The summed E-state index contributed by atoms with van der Waals surface area (Å²) in [4.78, 5) is 12.2. The van der Waals surface area contributed by atoms with Gasteiger partial charge in [0.1, 0.15) is 5.82 Å². The summed E-state index contributed by atoms with van der Waals surface area (Å²) in [7, 11) is 0. The van der Waals surface area contributed by atoms with Crippen LogP contribution in [0.1, 0.15) is 25.0 Å². The van der Waals surface area contributed by atoms with Gasteiger partial charge < -0.3 is 5.32 Å². The molecule has 1 aliphatic carbocycles. The summed E-state index contributed by atoms with van der Waals surface area (Å²) in [6.45, 7) is 1.90. The molecule has 1 atom stereocenters. The number of aryl methyl sites for hydroxylation is 1. The fourth-order valence-corrected chi connectivity index (χ4v) is 2.88. The molecule has 0 radical (unpaired) electrons. The number of aromatic nitrogens is 2. The van der Waals surface area contributed by atoms with Crippen molar-refractivity contribution in [3.8, 4) is 5.69 Å². The predicted octanol–water partition coefficient (Wildman–Crippen LogP) is 4.13. The monoisotopic (exact) mass is 315 g/mol. The number of amides is 1. The first-order chi connectivity index (χ1) is 10.6. The Balaban J connectivity index is 1.79. The molecule has 0 bridgehead atoms. The molecule has 1 aromatic heterocycles. The van der Waals surface area contributed by atoms with Crippen LogP contribution in [0.25, 0.3) is 5.69 Å². The van der Waals surface area contributed by atoms with E-state index in [1.165, 1.54) is 0 Å². The molecule has 4 nitrogen and oxygen atoms in total. The summed E-state index contributed by atoms with van der Waals surface area (Å²) in [5.74, 6) is 1.04. The summed E-state index contributed by atoms with van der Waals surface area (Å²) in [5.41, 5.74) is 1.67. The normalized spacial score (nSPS) is 16.9. The molecule has 3 rings (SSSR count). The van der Waals surface area contributed by atoms with Crippen molar-refractivity contribution in [1.82, 2.24) is 9.78 Å². The lowest BCUT2D eigenvalue weighted by atomic mass is 10.1. The summed E-state index contributed by atoms with van der Waals surface area (Å²) >= 11 is 6.04. The van der Waals surface area contributed by atoms with Crippen LogP contribution >= 0.6 is 11.6 Å². The number of nitrogens with zero attached hydrogens (tertiary/aromatic N) is 2. The third-order valence-corrected chi connectivity index (χ3v) is 3.95. The molecule has 1 amide bonds. The molecule has 1 aromatic carbocycles. The number of carbonyl (C=O) groups excluding carboxylic acids is 1. The standard InChI is InChI=1S/C17H18ClN3O/c1-12-9-16(19-17(22)10-13-5-2-3-6-13)21(20-12)15-8-4-7-14(18)11-15/h2,4-5,7-9,11,13H,3,6,10H2,1H3,(H,19,22). The van der Waals surface area contributed by atoms with Crippen molar-refractivity contribution in [3.63, 3.8) is 0 Å². The number of benzene rings is 1. The number of rotatable bonds is 4. The Morgan fingerprint density at radius 2 is 2.32 bits per heavy atom. The second-order valence-electron chi connectivity index (χ2n) is 5.58. The number of allylic oxidation sites excluding steroid dienone is 2. The quantitative estimate of drug-likeness (QED) is 0.862. The predicted molar refractivity (Wildman–Crippen MR) is 88.4 cm³/mol. The number of hydrogen-bond donors (Lipinski definition) is 1. The largest absolute Gasteiger partial charge is 0.311 e. The second-order valence-corrected chi connectivity index (χ2v) is 6.02. The van der Waals surface area contributed by atoms with Gasteiger partial charge in [-0.3, -0.25) is 4.79 Å². The van der Waals surface area contributed by atoms with Crippen LogP contribution in [0.5, 0.6) is 0 Å². The van der Waals surface area contributed by atoms with Gasteiger partial charge in [0.05, 0.1) is 11.4 Å². The van der Waals surface area contributed by atoms with E-state index in [2.05, 4.69) is 22.6 Å². The molecule has 1 heterocycles. The Morgan fingerprint density at radius 1 is 1.45 bits per heavy atom.